The molecule has 2 atom stereocenters. The average molecular weight is 226 g/mol. The number of benzene rings is 2. The minimum absolute atomic E-state index is 0.0149. The maximum absolute atomic E-state index is 11.6. The van der Waals surface area contributed by atoms with E-state index in [1.54, 1.807) is 0 Å². The molecule has 0 aliphatic heterocycles. The normalized spacial score (nSPS) is 26.4. The van der Waals surface area contributed by atoms with E-state index in [0.717, 1.165) is 21.9 Å². The fraction of sp³-hybridized carbons (Fsp3) is 0.267. The highest BCUT2D eigenvalue weighted by Gasteiger charge is 2.47. The smallest absolute Gasteiger partial charge is 0.314 e. The highest BCUT2D eigenvalue weighted by Crippen LogP contribution is 2.50. The number of hydrogen-bond acceptors (Lipinski definition) is 1. The first kappa shape index (κ1) is 10.3. The van der Waals surface area contributed by atoms with Gasteiger partial charge in [-0.25, -0.2) is 0 Å². The lowest BCUT2D eigenvalue weighted by molar-refractivity contribution is -0.143. The first-order valence-corrected chi connectivity index (χ1v) is 5.82. The van der Waals surface area contributed by atoms with E-state index in [0.29, 0.717) is 0 Å². The first-order chi connectivity index (χ1) is 8.06. The predicted molar refractivity (Wildman–Crippen MR) is 67.4 cm³/mol. The van der Waals surface area contributed by atoms with E-state index in [9.17, 15) is 9.90 Å². The molecule has 0 unspecified atom stereocenters. The molecular weight excluding hydrogens is 212 g/mol. The summed E-state index contributed by atoms with van der Waals surface area (Å²) in [5, 5.41) is 11.8. The zero-order valence-corrected chi connectivity index (χ0v) is 9.90. The van der Waals surface area contributed by atoms with Crippen LogP contribution in [-0.4, -0.2) is 11.1 Å². The van der Waals surface area contributed by atoms with Gasteiger partial charge in [-0.3, -0.25) is 4.79 Å². The molecule has 86 valence electrons. The quantitative estimate of drug-likeness (QED) is 0.810. The summed E-state index contributed by atoms with van der Waals surface area (Å²) < 4.78 is 0. The fourth-order valence-electron chi connectivity index (χ4n) is 3.01. The Bertz CT molecular complexity index is 625. The second kappa shape index (κ2) is 3.10. The molecule has 0 saturated heterocycles. The van der Waals surface area contributed by atoms with Crippen molar-refractivity contribution in [1.82, 2.24) is 0 Å². The van der Waals surface area contributed by atoms with E-state index in [-0.39, 0.29) is 5.92 Å². The second-order valence-electron chi connectivity index (χ2n) is 4.98. The number of aliphatic carboxylic acids is 1. The van der Waals surface area contributed by atoms with Crippen LogP contribution in [-0.2, 0) is 10.2 Å². The van der Waals surface area contributed by atoms with Crippen LogP contribution in [0, 0.1) is 0 Å². The molecule has 0 radical (unpaired) electrons. The zero-order valence-electron chi connectivity index (χ0n) is 9.90. The van der Waals surface area contributed by atoms with Gasteiger partial charge in [0.2, 0.25) is 0 Å². The maximum Gasteiger partial charge on any atom is 0.314 e. The molecule has 1 aliphatic rings. The van der Waals surface area contributed by atoms with E-state index in [4.69, 9.17) is 0 Å². The summed E-state index contributed by atoms with van der Waals surface area (Å²) in [6, 6.07) is 12.0. The summed E-state index contributed by atoms with van der Waals surface area (Å²) in [6.45, 7) is 3.83. The summed E-state index contributed by atoms with van der Waals surface area (Å²) in [5.74, 6) is -0.727. The van der Waals surface area contributed by atoms with Crippen molar-refractivity contribution in [2.75, 3.05) is 0 Å². The van der Waals surface area contributed by atoms with Gasteiger partial charge in [0, 0.05) is 5.92 Å². The molecule has 0 saturated carbocycles. The molecule has 0 spiro atoms. The fourth-order valence-corrected chi connectivity index (χ4v) is 3.01. The molecule has 2 aromatic rings. The lowest BCUT2D eigenvalue weighted by Crippen LogP contribution is -2.34. The van der Waals surface area contributed by atoms with Gasteiger partial charge in [-0.05, 0) is 28.8 Å². The van der Waals surface area contributed by atoms with E-state index in [2.05, 4.69) is 0 Å². The van der Waals surface area contributed by atoms with Crippen molar-refractivity contribution in [3.8, 4) is 0 Å². The topological polar surface area (TPSA) is 37.3 Å². The van der Waals surface area contributed by atoms with Gasteiger partial charge in [0.25, 0.3) is 0 Å². The van der Waals surface area contributed by atoms with Crippen molar-refractivity contribution >= 4 is 16.7 Å². The Morgan fingerprint density at radius 3 is 2.53 bits per heavy atom. The standard InChI is InChI=1S/C15H14O2/c1-9-11-7-3-5-10-6-4-8-12(13(10)11)15(9,2)14(16)17/h3-9H,1-2H3,(H,16,17)/t9-,15-/m1/s1. The van der Waals surface area contributed by atoms with E-state index in [1.807, 2.05) is 50.2 Å². The highest BCUT2D eigenvalue weighted by atomic mass is 16.4. The number of rotatable bonds is 1. The van der Waals surface area contributed by atoms with E-state index < -0.39 is 11.4 Å². The molecule has 3 rings (SSSR count). The van der Waals surface area contributed by atoms with Gasteiger partial charge in [-0.15, -0.1) is 0 Å². The Morgan fingerprint density at radius 2 is 1.88 bits per heavy atom. The summed E-state index contributed by atoms with van der Waals surface area (Å²) >= 11 is 0. The summed E-state index contributed by atoms with van der Waals surface area (Å²) in [7, 11) is 0. The number of hydrogen-bond donors (Lipinski definition) is 1. The van der Waals surface area contributed by atoms with Crippen LogP contribution in [0.3, 0.4) is 0 Å². The predicted octanol–water partition coefficient (Wildman–Crippen LogP) is 3.30. The lowest BCUT2D eigenvalue weighted by Gasteiger charge is -2.26. The van der Waals surface area contributed by atoms with Gasteiger partial charge in [-0.1, -0.05) is 43.3 Å². The van der Waals surface area contributed by atoms with Crippen LogP contribution in [0.5, 0.6) is 0 Å². The van der Waals surface area contributed by atoms with Gasteiger partial charge >= 0.3 is 5.97 Å². The van der Waals surface area contributed by atoms with Crippen LogP contribution >= 0.6 is 0 Å². The van der Waals surface area contributed by atoms with E-state index in [1.165, 1.54) is 0 Å². The molecule has 0 fully saturated rings. The molecule has 2 nitrogen and oxygen atoms in total. The van der Waals surface area contributed by atoms with Crippen LogP contribution in [0.25, 0.3) is 10.8 Å². The molecule has 1 aliphatic carbocycles. The van der Waals surface area contributed by atoms with Crippen LogP contribution in [0.4, 0.5) is 0 Å². The van der Waals surface area contributed by atoms with E-state index >= 15 is 0 Å². The van der Waals surface area contributed by atoms with Crippen molar-refractivity contribution in [2.45, 2.75) is 25.2 Å². The largest absolute Gasteiger partial charge is 0.481 e. The SMILES string of the molecule is C[C@@H]1c2cccc3cccc(c23)[C@]1(C)C(=O)O. The summed E-state index contributed by atoms with van der Waals surface area (Å²) in [6.07, 6.45) is 0. The van der Waals surface area contributed by atoms with Crippen molar-refractivity contribution in [3.05, 3.63) is 47.5 Å². The molecule has 2 aromatic carbocycles. The Balaban J connectivity index is 2.46. The molecule has 0 bridgehead atoms. The molecule has 17 heavy (non-hydrogen) atoms. The van der Waals surface area contributed by atoms with Crippen LogP contribution in [0.1, 0.15) is 30.9 Å². The minimum Gasteiger partial charge on any atom is -0.481 e. The number of carbonyl (C=O) groups is 1. The molecule has 1 N–H and O–H groups in total. The highest BCUT2D eigenvalue weighted by molar-refractivity contribution is 5.99. The third kappa shape index (κ3) is 1.08. The minimum atomic E-state index is -0.802. The average Bonchev–Trinajstić information content (AvgIpc) is 2.56. The summed E-state index contributed by atoms with van der Waals surface area (Å²) in [4.78, 5) is 11.6. The van der Waals surface area contributed by atoms with Crippen molar-refractivity contribution < 1.29 is 9.90 Å². The monoisotopic (exact) mass is 226 g/mol. The number of carboxylic acid groups (broad SMARTS) is 1. The zero-order chi connectivity index (χ0) is 12.2. The third-order valence-corrected chi connectivity index (χ3v) is 4.27. The van der Waals surface area contributed by atoms with Gasteiger partial charge in [-0.2, -0.15) is 0 Å². The molecule has 0 aromatic heterocycles. The molecule has 2 heteroatoms. The number of carboxylic acids is 1. The molecule has 0 amide bonds. The lowest BCUT2D eigenvalue weighted by atomic mass is 9.76. The van der Waals surface area contributed by atoms with Crippen LogP contribution < -0.4 is 0 Å². The van der Waals surface area contributed by atoms with Crippen LogP contribution in [0.2, 0.25) is 0 Å². The van der Waals surface area contributed by atoms with Gasteiger partial charge in [0.15, 0.2) is 0 Å². The Kier molecular flexibility index (Phi) is 1.88. The maximum atomic E-state index is 11.6. The van der Waals surface area contributed by atoms with Gasteiger partial charge in [0.05, 0.1) is 5.41 Å². The van der Waals surface area contributed by atoms with Crippen molar-refractivity contribution in [3.63, 3.8) is 0 Å². The molecule has 0 heterocycles. The van der Waals surface area contributed by atoms with Gasteiger partial charge in [0.1, 0.15) is 0 Å². The first-order valence-electron chi connectivity index (χ1n) is 5.82. The molecular formula is C15H14O2. The second-order valence-corrected chi connectivity index (χ2v) is 4.98. The van der Waals surface area contributed by atoms with Crippen molar-refractivity contribution in [1.29, 1.82) is 0 Å². The van der Waals surface area contributed by atoms with Gasteiger partial charge < -0.3 is 5.11 Å². The van der Waals surface area contributed by atoms with Crippen LogP contribution in [0.15, 0.2) is 36.4 Å². The Labute approximate surface area is 99.9 Å². The Morgan fingerprint density at radius 1 is 1.24 bits per heavy atom. The Hall–Kier alpha value is -1.83. The van der Waals surface area contributed by atoms with Crippen molar-refractivity contribution in [2.24, 2.45) is 0 Å². The summed E-state index contributed by atoms with van der Waals surface area (Å²) in [5.41, 5.74) is 1.30. The third-order valence-electron chi connectivity index (χ3n) is 4.27.